The number of amides is 2. The van der Waals surface area contributed by atoms with E-state index in [0.717, 1.165) is 25.7 Å². The van der Waals surface area contributed by atoms with Gasteiger partial charge in [-0.1, -0.05) is 25.7 Å². The Morgan fingerprint density at radius 1 is 1.18 bits per heavy atom. The van der Waals surface area contributed by atoms with Crippen molar-refractivity contribution >= 4 is 11.8 Å². The minimum atomic E-state index is -1.01. The number of nitrogens with one attached hydrogen (secondary N) is 1. The molecule has 2 rings (SSSR count). The number of primary amides is 1. The van der Waals surface area contributed by atoms with Gasteiger partial charge in [-0.25, -0.2) is 0 Å². The first kappa shape index (κ1) is 16.3. The molecule has 1 aliphatic rings. The molecule has 22 heavy (non-hydrogen) atoms. The van der Waals surface area contributed by atoms with Crippen LogP contribution in [0.4, 0.5) is 0 Å². The van der Waals surface area contributed by atoms with Crippen molar-refractivity contribution in [2.24, 2.45) is 12.8 Å². The van der Waals surface area contributed by atoms with Gasteiger partial charge in [0.05, 0.1) is 0 Å². The fourth-order valence-electron chi connectivity index (χ4n) is 3.03. The van der Waals surface area contributed by atoms with Crippen LogP contribution in [-0.4, -0.2) is 21.9 Å². The summed E-state index contributed by atoms with van der Waals surface area (Å²) in [5.74, 6) is -0.926. The molecule has 1 fully saturated rings. The number of aryl methyl sites for hydroxylation is 1. The van der Waals surface area contributed by atoms with Gasteiger partial charge < -0.3 is 15.6 Å². The van der Waals surface area contributed by atoms with E-state index in [1.54, 1.807) is 18.5 Å². The lowest BCUT2D eigenvalue weighted by atomic mass is 9.89. The molecule has 0 aliphatic heterocycles. The second kappa shape index (κ2) is 6.34. The Balaban J connectivity index is 2.33. The second-order valence-corrected chi connectivity index (χ2v) is 6.09. The lowest BCUT2D eigenvalue weighted by molar-refractivity contribution is -0.124. The van der Waals surface area contributed by atoms with Gasteiger partial charge in [-0.05, 0) is 19.8 Å². The average molecular weight is 305 g/mol. The van der Waals surface area contributed by atoms with E-state index in [9.17, 15) is 14.4 Å². The number of carbonyl (C=O) groups excluding carboxylic acids is 2. The summed E-state index contributed by atoms with van der Waals surface area (Å²) in [4.78, 5) is 36.2. The monoisotopic (exact) mass is 305 g/mol. The van der Waals surface area contributed by atoms with Crippen molar-refractivity contribution in [1.82, 2.24) is 9.88 Å². The molecule has 2 amide bonds. The van der Waals surface area contributed by atoms with E-state index in [0.29, 0.717) is 18.5 Å². The quantitative estimate of drug-likeness (QED) is 0.816. The summed E-state index contributed by atoms with van der Waals surface area (Å²) in [7, 11) is 1.72. The van der Waals surface area contributed by atoms with E-state index in [2.05, 4.69) is 5.32 Å². The summed E-state index contributed by atoms with van der Waals surface area (Å²) < 4.78 is 1.64. The summed E-state index contributed by atoms with van der Waals surface area (Å²) in [6, 6.07) is 2.75. The van der Waals surface area contributed by atoms with Gasteiger partial charge in [0.25, 0.3) is 5.91 Å². The molecule has 1 aromatic heterocycles. The number of hydrogen-bond donors (Lipinski definition) is 2. The molecule has 1 aromatic rings. The maximum atomic E-state index is 12.6. The van der Waals surface area contributed by atoms with Crippen molar-refractivity contribution in [3.05, 3.63) is 33.7 Å². The van der Waals surface area contributed by atoms with Gasteiger partial charge in [-0.3, -0.25) is 14.4 Å². The van der Waals surface area contributed by atoms with Crippen LogP contribution < -0.4 is 16.5 Å². The van der Waals surface area contributed by atoms with Gasteiger partial charge in [0.15, 0.2) is 5.43 Å². The zero-order valence-electron chi connectivity index (χ0n) is 13.1. The van der Waals surface area contributed by atoms with Crippen LogP contribution in [0.5, 0.6) is 0 Å². The molecule has 0 aromatic carbocycles. The third-order valence-corrected chi connectivity index (χ3v) is 4.53. The van der Waals surface area contributed by atoms with Crippen molar-refractivity contribution in [2.75, 3.05) is 0 Å². The van der Waals surface area contributed by atoms with Crippen molar-refractivity contribution in [3.8, 4) is 0 Å². The Bertz CT molecular complexity index is 641. The minimum absolute atomic E-state index is 0.227. The smallest absolute Gasteiger partial charge is 0.268 e. The second-order valence-electron chi connectivity index (χ2n) is 6.09. The molecule has 6 nitrogen and oxygen atoms in total. The normalized spacial score (nSPS) is 17.5. The highest BCUT2D eigenvalue weighted by Gasteiger charge is 2.38. The zero-order chi connectivity index (χ0) is 16.3. The highest BCUT2D eigenvalue weighted by Crippen LogP contribution is 2.27. The van der Waals surface area contributed by atoms with Gasteiger partial charge in [0.2, 0.25) is 5.91 Å². The third kappa shape index (κ3) is 3.21. The van der Waals surface area contributed by atoms with Crippen LogP contribution in [0.1, 0.15) is 54.7 Å². The van der Waals surface area contributed by atoms with Crippen molar-refractivity contribution < 1.29 is 9.59 Å². The lowest BCUT2D eigenvalue weighted by Crippen LogP contribution is -2.57. The van der Waals surface area contributed by atoms with Gasteiger partial charge in [-0.15, -0.1) is 0 Å². The molecule has 0 spiro atoms. The molecule has 1 saturated carbocycles. The highest BCUT2D eigenvalue weighted by atomic mass is 16.2. The van der Waals surface area contributed by atoms with Crippen LogP contribution in [-0.2, 0) is 11.8 Å². The Labute approximate surface area is 129 Å². The first-order valence-corrected chi connectivity index (χ1v) is 7.66. The first-order chi connectivity index (χ1) is 10.4. The maximum absolute atomic E-state index is 12.6. The SMILES string of the molecule is Cc1cc(=O)cc(C(=O)NC2(C(N)=O)CCCCCC2)n1C. The average Bonchev–Trinajstić information content (AvgIpc) is 2.69. The summed E-state index contributed by atoms with van der Waals surface area (Å²) in [6.45, 7) is 1.76. The fourth-order valence-corrected chi connectivity index (χ4v) is 3.03. The van der Waals surface area contributed by atoms with Crippen molar-refractivity contribution in [3.63, 3.8) is 0 Å². The molecular weight excluding hydrogens is 282 g/mol. The topological polar surface area (TPSA) is 94.2 Å². The molecule has 0 atom stereocenters. The molecule has 3 N–H and O–H groups in total. The molecule has 0 bridgehead atoms. The number of hydrogen-bond acceptors (Lipinski definition) is 3. The lowest BCUT2D eigenvalue weighted by Gasteiger charge is -2.30. The van der Waals surface area contributed by atoms with Crippen molar-refractivity contribution in [1.29, 1.82) is 0 Å². The predicted octanol–water partition coefficient (Wildman–Crippen LogP) is 1.00. The minimum Gasteiger partial charge on any atom is -0.368 e. The zero-order valence-corrected chi connectivity index (χ0v) is 13.1. The number of pyridine rings is 1. The molecule has 120 valence electrons. The number of rotatable bonds is 3. The Morgan fingerprint density at radius 3 is 2.32 bits per heavy atom. The van der Waals surface area contributed by atoms with Crippen LogP contribution in [0, 0.1) is 6.92 Å². The fraction of sp³-hybridized carbons (Fsp3) is 0.562. The van der Waals surface area contributed by atoms with E-state index in [1.807, 2.05) is 0 Å². The standard InChI is InChI=1S/C16H23N3O3/c1-11-9-12(20)10-13(19(11)2)14(21)18-16(15(17)22)7-5-3-4-6-8-16/h9-10H,3-8H2,1-2H3,(H2,17,22)(H,18,21). The van der Waals surface area contributed by atoms with Crippen LogP contribution in [0.25, 0.3) is 0 Å². The van der Waals surface area contributed by atoms with Crippen LogP contribution in [0.3, 0.4) is 0 Å². The first-order valence-electron chi connectivity index (χ1n) is 7.66. The predicted molar refractivity (Wildman–Crippen MR) is 83.5 cm³/mol. The summed E-state index contributed by atoms with van der Waals surface area (Å²) in [5.41, 5.74) is 5.27. The number of carbonyl (C=O) groups is 2. The van der Waals surface area contributed by atoms with E-state index in [4.69, 9.17) is 5.73 Å². The van der Waals surface area contributed by atoms with E-state index >= 15 is 0 Å². The van der Waals surface area contributed by atoms with Gasteiger partial charge >= 0.3 is 0 Å². The molecule has 1 aliphatic carbocycles. The van der Waals surface area contributed by atoms with E-state index in [1.165, 1.54) is 12.1 Å². The van der Waals surface area contributed by atoms with Crippen LogP contribution in [0.15, 0.2) is 16.9 Å². The summed E-state index contributed by atoms with van der Waals surface area (Å²) in [5, 5.41) is 2.81. The number of nitrogens with two attached hydrogens (primary N) is 1. The molecule has 0 radical (unpaired) electrons. The summed E-state index contributed by atoms with van der Waals surface area (Å²) in [6.07, 6.45) is 4.88. The van der Waals surface area contributed by atoms with Crippen LogP contribution >= 0.6 is 0 Å². The van der Waals surface area contributed by atoms with Gasteiger partial charge in [0, 0.05) is 24.9 Å². The largest absolute Gasteiger partial charge is 0.368 e. The van der Waals surface area contributed by atoms with Gasteiger partial charge in [-0.2, -0.15) is 0 Å². The summed E-state index contributed by atoms with van der Waals surface area (Å²) >= 11 is 0. The Kier molecular flexibility index (Phi) is 4.68. The van der Waals surface area contributed by atoms with E-state index < -0.39 is 17.4 Å². The van der Waals surface area contributed by atoms with Gasteiger partial charge in [0.1, 0.15) is 11.2 Å². The maximum Gasteiger partial charge on any atom is 0.268 e. The van der Waals surface area contributed by atoms with Crippen molar-refractivity contribution in [2.45, 2.75) is 51.0 Å². The molecule has 0 saturated heterocycles. The molecular formula is C16H23N3O3. The third-order valence-electron chi connectivity index (χ3n) is 4.53. The Hall–Kier alpha value is -2.11. The van der Waals surface area contributed by atoms with E-state index in [-0.39, 0.29) is 11.1 Å². The van der Waals surface area contributed by atoms with Crippen LogP contribution in [0.2, 0.25) is 0 Å². The molecule has 0 unspecified atom stereocenters. The molecule has 6 heteroatoms. The molecule has 1 heterocycles. The highest BCUT2D eigenvalue weighted by molar-refractivity contribution is 5.97. The Morgan fingerprint density at radius 2 is 1.77 bits per heavy atom. The number of aromatic nitrogens is 1. The number of nitrogens with zero attached hydrogens (tertiary/aromatic N) is 1.